The van der Waals surface area contributed by atoms with Gasteiger partial charge in [0.05, 0.1) is 11.4 Å². The van der Waals surface area contributed by atoms with Gasteiger partial charge in [0.25, 0.3) is 17.7 Å². The lowest BCUT2D eigenvalue weighted by Crippen LogP contribution is -2.32. The first-order valence-corrected chi connectivity index (χ1v) is 10.0. The molecule has 4 rings (SSSR count). The van der Waals surface area contributed by atoms with E-state index < -0.39 is 23.5 Å². The van der Waals surface area contributed by atoms with Crippen molar-refractivity contribution >= 4 is 46.4 Å². The number of para-hydroxylation sites is 1. The first kappa shape index (κ1) is 21.3. The minimum atomic E-state index is -0.642. The highest BCUT2D eigenvalue weighted by Crippen LogP contribution is 2.30. The standard InChI is InChI=1S/C24H17ClFN3O3/c1-14-9-11-17(12-10-14)29-23(31)20(25)21(24(29)32)27-16-6-4-5-15(13-16)22(30)28-19-8-3-2-7-18(19)26/h2-13,27H,1H3,(H,28,30). The summed E-state index contributed by atoms with van der Waals surface area (Å²) in [5.74, 6) is -2.34. The van der Waals surface area contributed by atoms with E-state index in [1.165, 1.54) is 30.3 Å². The molecule has 0 spiro atoms. The van der Waals surface area contributed by atoms with Crippen molar-refractivity contribution in [2.45, 2.75) is 6.92 Å². The van der Waals surface area contributed by atoms with E-state index >= 15 is 0 Å². The van der Waals surface area contributed by atoms with Gasteiger partial charge >= 0.3 is 0 Å². The fourth-order valence-electron chi connectivity index (χ4n) is 3.18. The number of imide groups is 1. The molecule has 0 saturated carbocycles. The zero-order valence-electron chi connectivity index (χ0n) is 16.9. The number of rotatable bonds is 5. The summed E-state index contributed by atoms with van der Waals surface area (Å²) in [5, 5.41) is 5.08. The topological polar surface area (TPSA) is 78.5 Å². The fraction of sp³-hybridized carbons (Fsp3) is 0.0417. The second-order valence-corrected chi connectivity index (χ2v) is 7.49. The molecule has 0 unspecified atom stereocenters. The van der Waals surface area contributed by atoms with E-state index in [1.54, 1.807) is 42.5 Å². The Bertz CT molecular complexity index is 1270. The van der Waals surface area contributed by atoms with Crippen LogP contribution in [0.3, 0.4) is 0 Å². The number of nitrogens with one attached hydrogen (secondary N) is 2. The normalized spacial score (nSPS) is 13.5. The summed E-state index contributed by atoms with van der Waals surface area (Å²) >= 11 is 6.16. The molecular formula is C24H17ClFN3O3. The molecule has 0 radical (unpaired) electrons. The zero-order valence-corrected chi connectivity index (χ0v) is 17.6. The Balaban J connectivity index is 1.55. The van der Waals surface area contributed by atoms with Crippen LogP contribution in [-0.2, 0) is 9.59 Å². The molecule has 6 nitrogen and oxygen atoms in total. The van der Waals surface area contributed by atoms with Crippen LogP contribution < -0.4 is 15.5 Å². The minimum Gasteiger partial charge on any atom is -0.350 e. The Morgan fingerprint density at radius 3 is 2.38 bits per heavy atom. The van der Waals surface area contributed by atoms with Crippen LogP contribution in [0, 0.1) is 12.7 Å². The van der Waals surface area contributed by atoms with E-state index in [2.05, 4.69) is 10.6 Å². The predicted molar refractivity (Wildman–Crippen MR) is 121 cm³/mol. The third-order valence-electron chi connectivity index (χ3n) is 4.84. The van der Waals surface area contributed by atoms with Crippen molar-refractivity contribution in [3.8, 4) is 0 Å². The van der Waals surface area contributed by atoms with Crippen LogP contribution in [0.2, 0.25) is 0 Å². The van der Waals surface area contributed by atoms with E-state index in [4.69, 9.17) is 11.6 Å². The Labute approximate surface area is 188 Å². The van der Waals surface area contributed by atoms with E-state index in [0.29, 0.717) is 11.4 Å². The quantitative estimate of drug-likeness (QED) is 0.547. The summed E-state index contributed by atoms with van der Waals surface area (Å²) < 4.78 is 13.8. The molecule has 2 N–H and O–H groups in total. The third kappa shape index (κ3) is 4.10. The maximum absolute atomic E-state index is 13.8. The van der Waals surface area contributed by atoms with Crippen LogP contribution in [0.1, 0.15) is 15.9 Å². The Morgan fingerprint density at radius 2 is 1.66 bits per heavy atom. The maximum atomic E-state index is 13.8. The molecule has 0 atom stereocenters. The van der Waals surface area contributed by atoms with Crippen LogP contribution in [0.5, 0.6) is 0 Å². The summed E-state index contributed by atoms with van der Waals surface area (Å²) in [6, 6.07) is 18.9. The SMILES string of the molecule is Cc1ccc(N2C(=O)C(Cl)=C(Nc3cccc(C(=O)Nc4ccccc4F)c3)C2=O)cc1. The largest absolute Gasteiger partial charge is 0.350 e. The van der Waals surface area contributed by atoms with E-state index in [-0.39, 0.29) is 22.0 Å². The molecule has 3 aromatic carbocycles. The van der Waals surface area contributed by atoms with Gasteiger partial charge in [0.2, 0.25) is 0 Å². The van der Waals surface area contributed by atoms with Crippen molar-refractivity contribution in [2.24, 2.45) is 0 Å². The molecule has 1 heterocycles. The number of nitrogens with zero attached hydrogens (tertiary/aromatic N) is 1. The van der Waals surface area contributed by atoms with Crippen LogP contribution in [0.25, 0.3) is 0 Å². The molecule has 1 aliphatic heterocycles. The fourth-order valence-corrected chi connectivity index (χ4v) is 3.39. The molecule has 0 aromatic heterocycles. The van der Waals surface area contributed by atoms with Gasteiger partial charge in [-0.3, -0.25) is 14.4 Å². The summed E-state index contributed by atoms with van der Waals surface area (Å²) in [4.78, 5) is 39.0. The average Bonchev–Trinajstić information content (AvgIpc) is 2.99. The number of carbonyl (C=O) groups excluding carboxylic acids is 3. The van der Waals surface area contributed by atoms with Gasteiger partial charge < -0.3 is 10.6 Å². The monoisotopic (exact) mass is 449 g/mol. The third-order valence-corrected chi connectivity index (χ3v) is 5.19. The number of anilines is 3. The highest BCUT2D eigenvalue weighted by molar-refractivity contribution is 6.53. The molecule has 32 heavy (non-hydrogen) atoms. The number of benzene rings is 3. The van der Waals surface area contributed by atoms with Crippen molar-refractivity contribution in [3.05, 3.63) is 100 Å². The van der Waals surface area contributed by atoms with Crippen molar-refractivity contribution in [3.63, 3.8) is 0 Å². The van der Waals surface area contributed by atoms with E-state index in [1.807, 2.05) is 6.92 Å². The van der Waals surface area contributed by atoms with Gasteiger partial charge in [-0.2, -0.15) is 0 Å². The Hall–Kier alpha value is -3.97. The summed E-state index contributed by atoms with van der Waals surface area (Å²) in [5.41, 5.74) is 1.93. The van der Waals surface area contributed by atoms with Gasteiger partial charge in [0, 0.05) is 11.3 Å². The number of halogens is 2. The second-order valence-electron chi connectivity index (χ2n) is 7.11. The van der Waals surface area contributed by atoms with Crippen molar-refractivity contribution in [1.29, 1.82) is 0 Å². The van der Waals surface area contributed by atoms with E-state index in [9.17, 15) is 18.8 Å². The first-order chi connectivity index (χ1) is 15.3. The first-order valence-electron chi connectivity index (χ1n) is 9.63. The summed E-state index contributed by atoms with van der Waals surface area (Å²) in [7, 11) is 0. The van der Waals surface area contributed by atoms with Crippen molar-refractivity contribution in [1.82, 2.24) is 0 Å². The van der Waals surface area contributed by atoms with Crippen LogP contribution in [0.15, 0.2) is 83.5 Å². The van der Waals surface area contributed by atoms with Crippen LogP contribution in [-0.4, -0.2) is 17.7 Å². The molecule has 0 aliphatic carbocycles. The smallest absolute Gasteiger partial charge is 0.283 e. The molecule has 8 heteroatoms. The van der Waals surface area contributed by atoms with Gasteiger partial charge in [0.1, 0.15) is 16.5 Å². The summed E-state index contributed by atoms with van der Waals surface area (Å²) in [6.07, 6.45) is 0. The number of carbonyl (C=O) groups is 3. The second kappa shape index (κ2) is 8.64. The lowest BCUT2D eigenvalue weighted by molar-refractivity contribution is -0.120. The number of aryl methyl sites for hydroxylation is 1. The maximum Gasteiger partial charge on any atom is 0.283 e. The number of hydrogen-bond acceptors (Lipinski definition) is 4. The molecule has 3 aromatic rings. The van der Waals surface area contributed by atoms with E-state index in [0.717, 1.165) is 10.5 Å². The molecule has 0 fully saturated rings. The van der Waals surface area contributed by atoms with Gasteiger partial charge in [0.15, 0.2) is 0 Å². The van der Waals surface area contributed by atoms with Crippen molar-refractivity contribution < 1.29 is 18.8 Å². The Morgan fingerprint density at radius 1 is 0.938 bits per heavy atom. The lowest BCUT2D eigenvalue weighted by atomic mass is 10.1. The van der Waals surface area contributed by atoms with Crippen LogP contribution >= 0.6 is 11.6 Å². The lowest BCUT2D eigenvalue weighted by Gasteiger charge is -2.15. The van der Waals surface area contributed by atoms with Crippen molar-refractivity contribution in [2.75, 3.05) is 15.5 Å². The van der Waals surface area contributed by atoms with Gasteiger partial charge in [-0.05, 0) is 49.4 Å². The average molecular weight is 450 g/mol. The molecule has 0 bridgehead atoms. The molecule has 1 aliphatic rings. The van der Waals surface area contributed by atoms with Gasteiger partial charge in [-0.15, -0.1) is 0 Å². The van der Waals surface area contributed by atoms with Gasteiger partial charge in [-0.1, -0.05) is 47.5 Å². The number of amides is 3. The zero-order chi connectivity index (χ0) is 22.8. The Kier molecular flexibility index (Phi) is 5.75. The highest BCUT2D eigenvalue weighted by atomic mass is 35.5. The minimum absolute atomic E-state index is 0.0481. The highest BCUT2D eigenvalue weighted by Gasteiger charge is 2.38. The molecular weight excluding hydrogens is 433 g/mol. The van der Waals surface area contributed by atoms with Gasteiger partial charge in [-0.25, -0.2) is 9.29 Å². The molecule has 0 saturated heterocycles. The van der Waals surface area contributed by atoms with Crippen LogP contribution in [0.4, 0.5) is 21.5 Å². The number of hydrogen-bond donors (Lipinski definition) is 2. The molecule has 3 amide bonds. The molecule has 160 valence electrons. The summed E-state index contributed by atoms with van der Waals surface area (Å²) in [6.45, 7) is 1.89. The predicted octanol–water partition coefficient (Wildman–Crippen LogP) is 4.82.